The Bertz CT molecular complexity index is 654. The van der Waals surface area contributed by atoms with Crippen molar-refractivity contribution < 1.29 is 9.53 Å². The van der Waals surface area contributed by atoms with Gasteiger partial charge in [-0.2, -0.15) is 0 Å². The molecule has 1 heterocycles. The smallest absolute Gasteiger partial charge is 0.246 e. The molecular formula is C16H14BrNO2. The number of hydrogen-bond donors (Lipinski definition) is 1. The Labute approximate surface area is 126 Å². The van der Waals surface area contributed by atoms with Crippen LogP contribution in [0.25, 0.3) is 0 Å². The molecule has 102 valence electrons. The van der Waals surface area contributed by atoms with Crippen molar-refractivity contribution in [3.05, 3.63) is 59.7 Å². The minimum Gasteiger partial charge on any atom is -0.497 e. The maximum Gasteiger partial charge on any atom is 0.246 e. The monoisotopic (exact) mass is 331 g/mol. The summed E-state index contributed by atoms with van der Waals surface area (Å²) in [4.78, 5) is 12.3. The van der Waals surface area contributed by atoms with E-state index in [-0.39, 0.29) is 5.91 Å². The van der Waals surface area contributed by atoms with Gasteiger partial charge >= 0.3 is 0 Å². The second-order valence-corrected chi connectivity index (χ2v) is 6.18. The summed E-state index contributed by atoms with van der Waals surface area (Å²) in [6.07, 6.45) is 0.597. The highest BCUT2D eigenvalue weighted by Gasteiger charge is 2.44. The minimum absolute atomic E-state index is 0.0190. The fourth-order valence-electron chi connectivity index (χ4n) is 2.48. The van der Waals surface area contributed by atoms with Gasteiger partial charge in [-0.25, -0.2) is 0 Å². The molecule has 2 aromatic rings. The van der Waals surface area contributed by atoms with Crippen LogP contribution in [0.5, 0.6) is 5.75 Å². The molecule has 4 heteroatoms. The average molecular weight is 332 g/mol. The molecule has 2 aromatic carbocycles. The van der Waals surface area contributed by atoms with Gasteiger partial charge in [0.15, 0.2) is 0 Å². The van der Waals surface area contributed by atoms with Crippen molar-refractivity contribution in [1.82, 2.24) is 0 Å². The number of anilines is 1. The highest BCUT2D eigenvalue weighted by atomic mass is 79.9. The van der Waals surface area contributed by atoms with Gasteiger partial charge in [0.25, 0.3) is 0 Å². The number of methoxy groups -OCH3 is 1. The van der Waals surface area contributed by atoms with Gasteiger partial charge in [-0.05, 0) is 23.8 Å². The number of halogens is 1. The Morgan fingerprint density at radius 3 is 2.55 bits per heavy atom. The first-order valence-corrected chi connectivity index (χ1v) is 7.15. The van der Waals surface area contributed by atoms with Gasteiger partial charge in [0.05, 0.1) is 7.11 Å². The number of para-hydroxylation sites is 1. The van der Waals surface area contributed by atoms with Crippen molar-refractivity contribution in [3.8, 4) is 5.75 Å². The summed E-state index contributed by atoms with van der Waals surface area (Å²) in [6, 6.07) is 15.5. The summed E-state index contributed by atoms with van der Waals surface area (Å²) in [5.74, 6) is 0.795. The lowest BCUT2D eigenvalue weighted by Crippen LogP contribution is -2.30. The summed E-state index contributed by atoms with van der Waals surface area (Å²) < 4.78 is 4.45. The van der Waals surface area contributed by atoms with Crippen LogP contribution in [-0.2, 0) is 15.5 Å². The molecular weight excluding hydrogens is 318 g/mol. The number of carbonyl (C=O) groups is 1. The van der Waals surface area contributed by atoms with Crippen molar-refractivity contribution in [1.29, 1.82) is 0 Å². The highest BCUT2D eigenvalue weighted by Crippen LogP contribution is 2.44. The van der Waals surface area contributed by atoms with Crippen LogP contribution in [0.1, 0.15) is 11.1 Å². The second-order valence-electron chi connectivity index (χ2n) is 4.83. The third kappa shape index (κ3) is 2.10. The molecule has 0 aromatic heterocycles. The molecule has 0 spiro atoms. The van der Waals surface area contributed by atoms with Crippen LogP contribution in [0.15, 0.2) is 48.5 Å². The fraction of sp³-hybridized carbons (Fsp3) is 0.188. The number of ether oxygens (including phenoxy) is 1. The molecule has 3 nitrogen and oxygen atoms in total. The van der Waals surface area contributed by atoms with Gasteiger partial charge in [0, 0.05) is 17.7 Å². The lowest BCUT2D eigenvalue weighted by Gasteiger charge is -2.20. The van der Waals surface area contributed by atoms with E-state index in [1.165, 1.54) is 0 Å². The van der Waals surface area contributed by atoms with Crippen LogP contribution in [0.2, 0.25) is 0 Å². The fourth-order valence-corrected chi connectivity index (χ4v) is 3.25. The maximum atomic E-state index is 12.3. The molecule has 1 amide bonds. The van der Waals surface area contributed by atoms with Crippen LogP contribution >= 0.6 is 15.9 Å². The van der Waals surface area contributed by atoms with Gasteiger partial charge < -0.3 is 10.1 Å². The standard InChI is InChI=1S/C16H14BrNO2/c1-20-12-8-6-11(7-9-12)10-16(17)13-4-2-3-5-14(13)18-15(16)19/h2-9H,10H2,1H3,(H,18,19). The summed E-state index contributed by atoms with van der Waals surface area (Å²) in [7, 11) is 1.64. The van der Waals surface area contributed by atoms with E-state index in [1.54, 1.807) is 7.11 Å². The number of fused-ring (bicyclic) bond motifs is 1. The van der Waals surface area contributed by atoms with E-state index < -0.39 is 4.32 Å². The third-order valence-electron chi connectivity index (χ3n) is 3.57. The lowest BCUT2D eigenvalue weighted by molar-refractivity contribution is -0.117. The summed E-state index contributed by atoms with van der Waals surface area (Å²) in [6.45, 7) is 0. The zero-order chi connectivity index (χ0) is 14.2. The van der Waals surface area contributed by atoms with Crippen LogP contribution in [0.3, 0.4) is 0 Å². The Morgan fingerprint density at radius 2 is 1.85 bits per heavy atom. The number of alkyl halides is 1. The number of amides is 1. The molecule has 1 atom stereocenters. The van der Waals surface area contributed by atoms with Crippen molar-refractivity contribution in [3.63, 3.8) is 0 Å². The largest absolute Gasteiger partial charge is 0.497 e. The van der Waals surface area contributed by atoms with Crippen LogP contribution in [0.4, 0.5) is 5.69 Å². The van der Waals surface area contributed by atoms with E-state index in [1.807, 2.05) is 48.5 Å². The number of carbonyl (C=O) groups excluding carboxylic acids is 1. The van der Waals surface area contributed by atoms with Gasteiger partial charge in [-0.15, -0.1) is 0 Å². The lowest BCUT2D eigenvalue weighted by atomic mass is 9.93. The molecule has 1 aliphatic rings. The van der Waals surface area contributed by atoms with Crippen molar-refractivity contribution >= 4 is 27.5 Å². The Hall–Kier alpha value is -1.81. The van der Waals surface area contributed by atoms with E-state index >= 15 is 0 Å². The third-order valence-corrected chi connectivity index (χ3v) is 4.64. The molecule has 1 unspecified atom stereocenters. The number of rotatable bonds is 3. The molecule has 1 aliphatic heterocycles. The first kappa shape index (κ1) is 13.2. The van der Waals surface area contributed by atoms with E-state index in [0.717, 1.165) is 22.6 Å². The topological polar surface area (TPSA) is 38.3 Å². The summed E-state index contributed by atoms with van der Waals surface area (Å²) in [5.41, 5.74) is 2.94. The Balaban J connectivity index is 1.94. The highest BCUT2D eigenvalue weighted by molar-refractivity contribution is 9.10. The Morgan fingerprint density at radius 1 is 1.15 bits per heavy atom. The minimum atomic E-state index is -0.696. The zero-order valence-corrected chi connectivity index (χ0v) is 12.6. The van der Waals surface area contributed by atoms with Gasteiger partial charge in [0.1, 0.15) is 10.1 Å². The second kappa shape index (κ2) is 4.94. The van der Waals surface area contributed by atoms with Crippen LogP contribution < -0.4 is 10.1 Å². The van der Waals surface area contributed by atoms with Crippen molar-refractivity contribution in [2.24, 2.45) is 0 Å². The predicted octanol–water partition coefficient (Wildman–Crippen LogP) is 3.48. The Kier molecular flexibility index (Phi) is 3.26. The van der Waals surface area contributed by atoms with E-state index in [0.29, 0.717) is 6.42 Å². The van der Waals surface area contributed by atoms with Gasteiger partial charge in [-0.1, -0.05) is 46.3 Å². The molecule has 0 saturated heterocycles. The molecule has 0 bridgehead atoms. The van der Waals surface area contributed by atoms with Crippen LogP contribution in [0, 0.1) is 0 Å². The van der Waals surface area contributed by atoms with Crippen LogP contribution in [-0.4, -0.2) is 13.0 Å². The molecule has 0 radical (unpaired) electrons. The summed E-state index contributed by atoms with van der Waals surface area (Å²) in [5, 5.41) is 2.92. The van der Waals surface area contributed by atoms with E-state index in [9.17, 15) is 4.79 Å². The molecule has 0 fully saturated rings. The average Bonchev–Trinajstić information content (AvgIpc) is 2.72. The number of hydrogen-bond acceptors (Lipinski definition) is 2. The first-order chi connectivity index (χ1) is 9.63. The number of benzene rings is 2. The van der Waals surface area contributed by atoms with E-state index in [2.05, 4.69) is 21.2 Å². The maximum absolute atomic E-state index is 12.3. The zero-order valence-electron chi connectivity index (χ0n) is 11.0. The normalized spacial score (nSPS) is 20.4. The van der Waals surface area contributed by atoms with Crippen molar-refractivity contribution in [2.45, 2.75) is 10.7 Å². The van der Waals surface area contributed by atoms with Gasteiger partial charge in [-0.3, -0.25) is 4.79 Å². The van der Waals surface area contributed by atoms with Crippen molar-refractivity contribution in [2.75, 3.05) is 12.4 Å². The SMILES string of the molecule is COc1ccc(CC2(Br)C(=O)Nc3ccccc32)cc1. The molecule has 20 heavy (non-hydrogen) atoms. The molecule has 0 saturated carbocycles. The summed E-state index contributed by atoms with van der Waals surface area (Å²) >= 11 is 3.64. The molecule has 3 rings (SSSR count). The quantitative estimate of drug-likeness (QED) is 0.874. The van der Waals surface area contributed by atoms with E-state index in [4.69, 9.17) is 4.74 Å². The number of nitrogens with one attached hydrogen (secondary N) is 1. The molecule has 1 N–H and O–H groups in total. The molecule has 0 aliphatic carbocycles. The van der Waals surface area contributed by atoms with Gasteiger partial charge in [0.2, 0.25) is 5.91 Å². The predicted molar refractivity (Wildman–Crippen MR) is 82.4 cm³/mol. The first-order valence-electron chi connectivity index (χ1n) is 6.36.